The number of aliphatic carboxylic acids is 1. The van der Waals surface area contributed by atoms with Crippen LogP contribution in [0.5, 0.6) is 0 Å². The van der Waals surface area contributed by atoms with Gasteiger partial charge in [-0.05, 0) is 37.5 Å². The second kappa shape index (κ2) is 10.5. The van der Waals surface area contributed by atoms with Crippen LogP contribution >= 0.6 is 7.60 Å². The summed E-state index contributed by atoms with van der Waals surface area (Å²) < 4.78 is 23.1. The maximum atomic E-state index is 12.5. The van der Waals surface area contributed by atoms with Crippen LogP contribution in [0.15, 0.2) is 24.3 Å². The summed E-state index contributed by atoms with van der Waals surface area (Å²) in [6.07, 6.45) is 0.752. The van der Waals surface area contributed by atoms with Crippen LogP contribution in [0, 0.1) is 5.92 Å². The van der Waals surface area contributed by atoms with Gasteiger partial charge < -0.3 is 19.5 Å². The van der Waals surface area contributed by atoms with Gasteiger partial charge >= 0.3 is 13.6 Å². The van der Waals surface area contributed by atoms with Crippen molar-refractivity contribution in [3.8, 4) is 0 Å². The number of hydrogen-bond donors (Lipinski definition) is 2. The molecule has 2 N–H and O–H groups in total. The van der Waals surface area contributed by atoms with Gasteiger partial charge in [-0.3, -0.25) is 9.36 Å². The minimum Gasteiger partial charge on any atom is -0.480 e. The second-order valence-corrected chi connectivity index (χ2v) is 8.03. The summed E-state index contributed by atoms with van der Waals surface area (Å²) in [4.78, 5) is 23.6. The molecule has 7 nitrogen and oxygen atoms in total. The molecule has 0 aliphatic heterocycles. The SMILES string of the molecule is CCOP(=O)(Cc1ccc(C(=O)N[C@H](C(=O)O)[C@@H](C)CC)cc1)OCC. The third kappa shape index (κ3) is 6.56. The standard InChI is InChI=1S/C18H28NO6P/c1-5-13(4)16(18(21)22)19-17(20)15-10-8-14(9-11-15)12-26(23,24-6-2)25-7-3/h8-11,13,16H,5-7,12H2,1-4H3,(H,19,20)(H,21,22)/t13-,16-/m0/s1. The first-order chi connectivity index (χ1) is 12.3. The number of benzene rings is 1. The van der Waals surface area contributed by atoms with E-state index in [0.717, 1.165) is 0 Å². The fourth-order valence-corrected chi connectivity index (χ4v) is 4.12. The van der Waals surface area contributed by atoms with E-state index in [2.05, 4.69) is 5.32 Å². The molecule has 0 fully saturated rings. The van der Waals surface area contributed by atoms with Crippen molar-refractivity contribution in [2.45, 2.75) is 46.3 Å². The molecule has 0 saturated carbocycles. The first kappa shape index (κ1) is 22.4. The molecule has 26 heavy (non-hydrogen) atoms. The van der Waals surface area contributed by atoms with Crippen LogP contribution in [-0.2, 0) is 24.6 Å². The van der Waals surface area contributed by atoms with Crippen molar-refractivity contribution >= 4 is 19.5 Å². The summed E-state index contributed by atoms with van der Waals surface area (Å²) in [6.45, 7) is 7.70. The van der Waals surface area contributed by atoms with Crippen molar-refractivity contribution in [3.63, 3.8) is 0 Å². The average Bonchev–Trinajstić information content (AvgIpc) is 2.59. The lowest BCUT2D eigenvalue weighted by molar-refractivity contribution is -0.140. The predicted octanol–water partition coefficient (Wildman–Crippen LogP) is 3.68. The van der Waals surface area contributed by atoms with Crippen molar-refractivity contribution < 1.29 is 28.3 Å². The van der Waals surface area contributed by atoms with Crippen LogP contribution in [0.3, 0.4) is 0 Å². The van der Waals surface area contributed by atoms with E-state index in [1.807, 2.05) is 6.92 Å². The minimum absolute atomic E-state index is 0.112. The van der Waals surface area contributed by atoms with Crippen LogP contribution in [0.2, 0.25) is 0 Å². The molecular formula is C18H28NO6P. The average molecular weight is 385 g/mol. The number of amides is 1. The fourth-order valence-electron chi connectivity index (χ4n) is 2.41. The van der Waals surface area contributed by atoms with Gasteiger partial charge in [0.15, 0.2) is 0 Å². The number of carboxylic acids is 1. The number of carboxylic acid groups (broad SMARTS) is 1. The zero-order valence-electron chi connectivity index (χ0n) is 15.7. The molecule has 0 aliphatic carbocycles. The highest BCUT2D eigenvalue weighted by Gasteiger charge is 2.26. The molecule has 1 rings (SSSR count). The Labute approximate surface area is 154 Å². The van der Waals surface area contributed by atoms with E-state index >= 15 is 0 Å². The maximum Gasteiger partial charge on any atom is 0.335 e. The Bertz CT molecular complexity index is 636. The van der Waals surface area contributed by atoms with Gasteiger partial charge in [0.05, 0.1) is 19.4 Å². The van der Waals surface area contributed by atoms with Gasteiger partial charge in [0, 0.05) is 5.56 Å². The topological polar surface area (TPSA) is 102 Å². The first-order valence-electron chi connectivity index (χ1n) is 8.77. The molecule has 146 valence electrons. The van der Waals surface area contributed by atoms with E-state index in [9.17, 15) is 19.3 Å². The number of nitrogens with one attached hydrogen (secondary N) is 1. The Morgan fingerprint density at radius 3 is 2.08 bits per heavy atom. The lowest BCUT2D eigenvalue weighted by Gasteiger charge is -2.20. The van der Waals surface area contributed by atoms with Gasteiger partial charge in [0.2, 0.25) is 0 Å². The Morgan fingerprint density at radius 1 is 1.12 bits per heavy atom. The molecule has 8 heteroatoms. The van der Waals surface area contributed by atoms with E-state index in [4.69, 9.17) is 9.05 Å². The minimum atomic E-state index is -3.21. The van der Waals surface area contributed by atoms with Crippen molar-refractivity contribution in [1.82, 2.24) is 5.32 Å². The maximum absolute atomic E-state index is 12.5. The van der Waals surface area contributed by atoms with Gasteiger partial charge in [0.25, 0.3) is 5.91 Å². The smallest absolute Gasteiger partial charge is 0.335 e. The summed E-state index contributed by atoms with van der Waals surface area (Å²) in [5.41, 5.74) is 1.05. The van der Waals surface area contributed by atoms with Crippen molar-refractivity contribution in [2.75, 3.05) is 13.2 Å². The van der Waals surface area contributed by atoms with Gasteiger partial charge in [-0.15, -0.1) is 0 Å². The molecule has 0 aliphatic rings. The molecule has 1 aromatic carbocycles. The number of hydrogen-bond acceptors (Lipinski definition) is 5. The fraction of sp³-hybridized carbons (Fsp3) is 0.556. The van der Waals surface area contributed by atoms with Crippen molar-refractivity contribution in [1.29, 1.82) is 0 Å². The van der Waals surface area contributed by atoms with Gasteiger partial charge in [0.1, 0.15) is 6.04 Å². The number of carbonyl (C=O) groups excluding carboxylic acids is 1. The first-order valence-corrected chi connectivity index (χ1v) is 10.5. The van der Waals surface area contributed by atoms with E-state index in [0.29, 0.717) is 17.5 Å². The number of carbonyl (C=O) groups is 2. The molecular weight excluding hydrogens is 357 g/mol. The molecule has 0 unspecified atom stereocenters. The van der Waals surface area contributed by atoms with Crippen LogP contribution in [0.4, 0.5) is 0 Å². The third-order valence-electron chi connectivity index (χ3n) is 4.01. The zero-order chi connectivity index (χ0) is 19.7. The summed E-state index contributed by atoms with van der Waals surface area (Å²) in [7, 11) is -3.21. The molecule has 0 bridgehead atoms. The Morgan fingerprint density at radius 2 is 1.65 bits per heavy atom. The molecule has 1 aromatic rings. The molecule has 0 radical (unpaired) electrons. The lowest BCUT2D eigenvalue weighted by atomic mass is 9.99. The Balaban J connectivity index is 2.84. The van der Waals surface area contributed by atoms with Crippen LogP contribution < -0.4 is 5.32 Å². The molecule has 0 saturated heterocycles. The Hall–Kier alpha value is -1.69. The van der Waals surface area contributed by atoms with Gasteiger partial charge in [-0.1, -0.05) is 32.4 Å². The molecule has 1 amide bonds. The third-order valence-corrected chi connectivity index (χ3v) is 6.07. The monoisotopic (exact) mass is 385 g/mol. The Kier molecular flexibility index (Phi) is 8.99. The normalized spacial score (nSPS) is 13.8. The molecule has 2 atom stereocenters. The molecule has 0 aromatic heterocycles. The van der Waals surface area contributed by atoms with Crippen molar-refractivity contribution in [2.24, 2.45) is 5.92 Å². The van der Waals surface area contributed by atoms with Crippen LogP contribution in [0.1, 0.15) is 50.0 Å². The van der Waals surface area contributed by atoms with Crippen LogP contribution in [0.25, 0.3) is 0 Å². The number of rotatable bonds is 11. The second-order valence-electron chi connectivity index (χ2n) is 5.98. The highest BCUT2D eigenvalue weighted by atomic mass is 31.2. The quantitative estimate of drug-likeness (QED) is 0.564. The largest absolute Gasteiger partial charge is 0.480 e. The highest BCUT2D eigenvalue weighted by molar-refractivity contribution is 7.53. The van der Waals surface area contributed by atoms with E-state index in [1.165, 1.54) is 0 Å². The van der Waals surface area contributed by atoms with E-state index in [1.54, 1.807) is 45.0 Å². The highest BCUT2D eigenvalue weighted by Crippen LogP contribution is 2.51. The summed E-state index contributed by atoms with van der Waals surface area (Å²) in [5.74, 6) is -1.69. The predicted molar refractivity (Wildman–Crippen MR) is 99.3 cm³/mol. The van der Waals surface area contributed by atoms with E-state index in [-0.39, 0.29) is 25.3 Å². The van der Waals surface area contributed by atoms with E-state index < -0.39 is 25.5 Å². The molecule has 0 spiro atoms. The summed E-state index contributed by atoms with van der Waals surface area (Å²) >= 11 is 0. The molecule has 0 heterocycles. The van der Waals surface area contributed by atoms with Gasteiger partial charge in [-0.25, -0.2) is 4.79 Å². The van der Waals surface area contributed by atoms with Gasteiger partial charge in [-0.2, -0.15) is 0 Å². The summed E-state index contributed by atoms with van der Waals surface area (Å²) in [6, 6.07) is 5.53. The summed E-state index contributed by atoms with van der Waals surface area (Å²) in [5, 5.41) is 11.8. The van der Waals surface area contributed by atoms with Crippen molar-refractivity contribution in [3.05, 3.63) is 35.4 Å². The lowest BCUT2D eigenvalue weighted by Crippen LogP contribution is -2.45. The zero-order valence-corrected chi connectivity index (χ0v) is 16.6. The van der Waals surface area contributed by atoms with Crippen LogP contribution in [-0.4, -0.2) is 36.2 Å².